The molecule has 0 saturated heterocycles. The van der Waals surface area contributed by atoms with Gasteiger partial charge in [-0.05, 0) is 0 Å². The number of hydrogen-bond donors (Lipinski definition) is 1. The first kappa shape index (κ1) is 15.8. The average Bonchev–Trinajstić information content (AvgIpc) is 1.41. The molecule has 0 aromatic heterocycles. The van der Waals surface area contributed by atoms with Crippen molar-refractivity contribution in [3.8, 4) is 12.4 Å². The average molecular weight is 191 g/mol. The van der Waals surface area contributed by atoms with Crippen molar-refractivity contribution in [1.82, 2.24) is 5.32 Å². The van der Waals surface area contributed by atoms with Crippen molar-refractivity contribution in [1.29, 1.82) is 10.5 Å². The molecule has 0 aliphatic rings. The monoisotopic (exact) mass is 190 g/mol. The van der Waals surface area contributed by atoms with Crippen LogP contribution in [0.4, 0.5) is 0 Å². The fourth-order valence-corrected chi connectivity index (χ4v) is 0.0250. The molecular formula is C2HCoN3Zn. The predicted octanol–water partition coefficient (Wildman–Crippen LogP) is -0.467. The van der Waals surface area contributed by atoms with Crippen molar-refractivity contribution in [2.24, 2.45) is 0 Å². The summed E-state index contributed by atoms with van der Waals surface area (Å²) in [6.07, 6.45) is 2.81. The van der Waals surface area contributed by atoms with Gasteiger partial charge in [-0.2, -0.15) is 10.5 Å². The molecule has 0 atom stereocenters. The molecule has 0 aliphatic carbocycles. The van der Waals surface area contributed by atoms with E-state index in [2.05, 4.69) is 0 Å². The molecule has 0 bridgehead atoms. The van der Waals surface area contributed by atoms with Crippen LogP contribution >= 0.6 is 0 Å². The molecule has 0 fully saturated rings. The van der Waals surface area contributed by atoms with Crippen LogP contribution in [0.5, 0.6) is 0 Å². The van der Waals surface area contributed by atoms with E-state index < -0.39 is 0 Å². The second-order valence-corrected chi connectivity index (χ2v) is 0.349. The van der Waals surface area contributed by atoms with Crippen LogP contribution < -0.4 is 5.32 Å². The van der Waals surface area contributed by atoms with E-state index in [4.69, 9.17) is 10.5 Å². The Labute approximate surface area is 64.6 Å². The Morgan fingerprint density at radius 2 is 1.43 bits per heavy atom. The molecule has 0 saturated carbocycles. The van der Waals surface area contributed by atoms with Gasteiger partial charge in [0.1, 0.15) is 0 Å². The van der Waals surface area contributed by atoms with Gasteiger partial charge in [-0.25, -0.2) is 5.32 Å². The minimum Gasteiger partial charge on any atom is -0.229 e. The fraction of sp³-hybridized carbons (Fsp3) is 0. The normalized spacial score (nSPS) is 2.57. The van der Waals surface area contributed by atoms with Gasteiger partial charge in [0.15, 0.2) is 12.4 Å². The smallest absolute Gasteiger partial charge is 0.190 e. The molecule has 0 aromatic carbocycles. The summed E-state index contributed by atoms with van der Waals surface area (Å²) < 4.78 is 0. The van der Waals surface area contributed by atoms with E-state index in [1.54, 1.807) is 5.32 Å². The number of rotatable bonds is 0. The Morgan fingerprint density at radius 1 is 1.14 bits per heavy atom. The Bertz CT molecular complexity index is 78.1. The third-order valence-electron chi connectivity index (χ3n) is 0.112. The van der Waals surface area contributed by atoms with Gasteiger partial charge >= 0.3 is 0 Å². The summed E-state index contributed by atoms with van der Waals surface area (Å²) in [7, 11) is 0. The molecule has 0 aliphatic heterocycles. The number of hydrogen-bond acceptors (Lipinski definition) is 3. The largest absolute Gasteiger partial charge is 0.229 e. The molecule has 1 N–H and O–H groups in total. The molecule has 0 spiro atoms. The van der Waals surface area contributed by atoms with Crippen LogP contribution in [0.25, 0.3) is 0 Å². The molecule has 0 heterocycles. The van der Waals surface area contributed by atoms with Crippen LogP contribution in [-0.2, 0) is 36.3 Å². The molecule has 5 heteroatoms. The third-order valence-corrected chi connectivity index (χ3v) is 0.112. The predicted molar refractivity (Wildman–Crippen MR) is 14.4 cm³/mol. The number of nitrogens with one attached hydrogen (secondary N) is 1. The summed E-state index contributed by atoms with van der Waals surface area (Å²) in [5, 5.41) is 16.7. The van der Waals surface area contributed by atoms with Crippen LogP contribution in [0.1, 0.15) is 0 Å². The Hall–Kier alpha value is -0.0901. The first-order valence-corrected chi connectivity index (χ1v) is 0.947. The zero-order chi connectivity index (χ0) is 4.12. The van der Waals surface area contributed by atoms with Gasteiger partial charge in [-0.15, -0.1) is 0 Å². The van der Waals surface area contributed by atoms with Gasteiger partial charge in [-0.3, -0.25) is 0 Å². The minimum absolute atomic E-state index is 0. The number of nitrogens with zero attached hydrogens (tertiary/aromatic N) is 2. The second-order valence-electron chi connectivity index (χ2n) is 0.349. The first-order chi connectivity index (χ1) is 2.41. The summed E-state index contributed by atoms with van der Waals surface area (Å²) in [5.41, 5.74) is 0. The quantitative estimate of drug-likeness (QED) is 0.320. The van der Waals surface area contributed by atoms with E-state index in [-0.39, 0.29) is 36.3 Å². The molecule has 0 unspecified atom stereocenters. The standard InChI is InChI=1S/C2HN3.Co.Zn/c3-1-5-2-4;;/h5H;;. The minimum atomic E-state index is 0. The van der Waals surface area contributed by atoms with Gasteiger partial charge < -0.3 is 0 Å². The molecular weight excluding hydrogens is 190 g/mol. The van der Waals surface area contributed by atoms with E-state index in [0.717, 1.165) is 0 Å². The van der Waals surface area contributed by atoms with Crippen LogP contribution in [0.2, 0.25) is 0 Å². The van der Waals surface area contributed by atoms with Crippen LogP contribution in [0.15, 0.2) is 0 Å². The van der Waals surface area contributed by atoms with E-state index in [0.29, 0.717) is 0 Å². The van der Waals surface area contributed by atoms with E-state index >= 15 is 0 Å². The fourth-order valence-electron chi connectivity index (χ4n) is 0.0250. The van der Waals surface area contributed by atoms with Crippen molar-refractivity contribution >= 4 is 0 Å². The van der Waals surface area contributed by atoms with Crippen molar-refractivity contribution in [2.45, 2.75) is 0 Å². The summed E-state index contributed by atoms with van der Waals surface area (Å²) in [6.45, 7) is 0. The molecule has 0 aromatic rings. The van der Waals surface area contributed by atoms with Crippen molar-refractivity contribution in [3.05, 3.63) is 0 Å². The first-order valence-electron chi connectivity index (χ1n) is 0.947. The molecule has 3 nitrogen and oxygen atoms in total. The van der Waals surface area contributed by atoms with Gasteiger partial charge in [0, 0.05) is 36.3 Å². The van der Waals surface area contributed by atoms with Gasteiger partial charge in [0.05, 0.1) is 0 Å². The van der Waals surface area contributed by atoms with E-state index in [1.807, 2.05) is 0 Å². The maximum Gasteiger partial charge on any atom is 0.190 e. The van der Waals surface area contributed by atoms with Gasteiger partial charge in [0.25, 0.3) is 0 Å². The maximum absolute atomic E-state index is 7.48. The Kier molecular flexibility index (Phi) is 37.9. The molecule has 1 radical (unpaired) electrons. The topological polar surface area (TPSA) is 59.6 Å². The van der Waals surface area contributed by atoms with Crippen LogP contribution in [-0.4, -0.2) is 0 Å². The molecule has 7 heavy (non-hydrogen) atoms. The Balaban J connectivity index is -0.0000000800. The summed E-state index contributed by atoms with van der Waals surface area (Å²) in [5.74, 6) is 0. The van der Waals surface area contributed by atoms with Crippen LogP contribution in [0.3, 0.4) is 0 Å². The van der Waals surface area contributed by atoms with Crippen molar-refractivity contribution in [2.75, 3.05) is 0 Å². The SMILES string of the molecule is N#CNC#N.[Co].[Zn]. The van der Waals surface area contributed by atoms with Gasteiger partial charge in [-0.1, -0.05) is 0 Å². The van der Waals surface area contributed by atoms with Gasteiger partial charge in [0.2, 0.25) is 0 Å². The zero-order valence-corrected chi connectivity index (χ0v) is 7.44. The summed E-state index contributed by atoms with van der Waals surface area (Å²) >= 11 is 0. The van der Waals surface area contributed by atoms with Crippen molar-refractivity contribution in [3.63, 3.8) is 0 Å². The van der Waals surface area contributed by atoms with E-state index in [9.17, 15) is 0 Å². The second kappa shape index (κ2) is 16.8. The van der Waals surface area contributed by atoms with Crippen LogP contribution in [0, 0.1) is 22.9 Å². The zero-order valence-electron chi connectivity index (χ0n) is 3.43. The Morgan fingerprint density at radius 3 is 1.43 bits per heavy atom. The molecule has 35 valence electrons. The molecule has 0 rings (SSSR count). The molecule has 0 amide bonds. The summed E-state index contributed by atoms with van der Waals surface area (Å²) in [4.78, 5) is 0. The number of nitriles is 2. The van der Waals surface area contributed by atoms with E-state index in [1.165, 1.54) is 12.4 Å². The third kappa shape index (κ3) is 24.8. The summed E-state index contributed by atoms with van der Waals surface area (Å²) in [6, 6.07) is 0. The van der Waals surface area contributed by atoms with Crippen molar-refractivity contribution < 1.29 is 36.3 Å². The maximum atomic E-state index is 7.48.